The van der Waals surface area contributed by atoms with Crippen molar-refractivity contribution in [3.05, 3.63) is 32.4 Å². The molecular formula is C9H8FIO3S. The highest BCUT2D eigenvalue weighted by Crippen LogP contribution is 2.20. The van der Waals surface area contributed by atoms with Gasteiger partial charge in [-0.1, -0.05) is 0 Å². The molecule has 0 spiro atoms. The predicted molar refractivity (Wildman–Crippen MR) is 63.0 cm³/mol. The predicted octanol–water partition coefficient (Wildman–Crippen LogP) is 2.21. The zero-order chi connectivity index (χ0) is 11.6. The van der Waals surface area contributed by atoms with Crippen molar-refractivity contribution in [1.29, 1.82) is 0 Å². The summed E-state index contributed by atoms with van der Waals surface area (Å²) >= 11 is 1.95. The van der Waals surface area contributed by atoms with Gasteiger partial charge in [0.15, 0.2) is 0 Å². The zero-order valence-corrected chi connectivity index (χ0v) is 10.8. The van der Waals surface area contributed by atoms with Gasteiger partial charge in [0.05, 0.1) is 0 Å². The SMILES string of the molecule is Cc1c(C=O)cc(I)cc1CS(=O)(=O)F. The highest BCUT2D eigenvalue weighted by atomic mass is 127. The number of benzene rings is 1. The van der Waals surface area contributed by atoms with Crippen molar-refractivity contribution in [2.45, 2.75) is 12.7 Å². The number of rotatable bonds is 3. The molecule has 0 aliphatic heterocycles. The van der Waals surface area contributed by atoms with Gasteiger partial charge in [0.2, 0.25) is 0 Å². The van der Waals surface area contributed by atoms with E-state index < -0.39 is 16.0 Å². The standard InChI is InChI=1S/C9H8FIO3S/c1-6-7(4-12)2-9(11)3-8(6)5-15(10,13)14/h2-4H,5H2,1H3. The first-order chi connectivity index (χ1) is 6.83. The van der Waals surface area contributed by atoms with E-state index in [0.29, 0.717) is 26.5 Å². The van der Waals surface area contributed by atoms with E-state index in [1.807, 2.05) is 22.6 Å². The molecule has 82 valence electrons. The number of halogens is 2. The van der Waals surface area contributed by atoms with Crippen LogP contribution in [-0.4, -0.2) is 14.7 Å². The van der Waals surface area contributed by atoms with Crippen LogP contribution in [0.3, 0.4) is 0 Å². The van der Waals surface area contributed by atoms with Crippen molar-refractivity contribution in [2.24, 2.45) is 0 Å². The third kappa shape index (κ3) is 3.53. The molecule has 1 aromatic rings. The average molecular weight is 342 g/mol. The Morgan fingerprint density at radius 1 is 1.47 bits per heavy atom. The molecule has 6 heteroatoms. The maximum absolute atomic E-state index is 12.5. The van der Waals surface area contributed by atoms with E-state index in [-0.39, 0.29) is 0 Å². The number of carbonyl (C=O) groups excluding carboxylic acids is 1. The maximum Gasteiger partial charge on any atom is 0.306 e. The minimum atomic E-state index is -4.56. The monoisotopic (exact) mass is 342 g/mol. The normalized spacial score (nSPS) is 11.4. The molecule has 0 aliphatic carbocycles. The fourth-order valence-corrected chi connectivity index (χ4v) is 2.60. The van der Waals surface area contributed by atoms with Gasteiger partial charge in [0.25, 0.3) is 0 Å². The summed E-state index contributed by atoms with van der Waals surface area (Å²) in [5.41, 5.74) is 1.22. The van der Waals surface area contributed by atoms with Crippen molar-refractivity contribution < 1.29 is 17.1 Å². The minimum absolute atomic E-state index is 0.325. The lowest BCUT2D eigenvalue weighted by molar-refractivity contribution is 0.112. The first-order valence-electron chi connectivity index (χ1n) is 4.00. The molecule has 0 amide bonds. The van der Waals surface area contributed by atoms with E-state index in [1.54, 1.807) is 19.1 Å². The highest BCUT2D eigenvalue weighted by molar-refractivity contribution is 14.1. The summed E-state index contributed by atoms with van der Waals surface area (Å²) in [6, 6.07) is 3.18. The molecule has 0 fully saturated rings. The molecule has 0 N–H and O–H groups in total. The van der Waals surface area contributed by atoms with Crippen LogP contribution in [0.2, 0.25) is 0 Å². The molecule has 1 aromatic carbocycles. The van der Waals surface area contributed by atoms with Crippen LogP contribution in [0.1, 0.15) is 21.5 Å². The second kappa shape index (κ2) is 4.56. The van der Waals surface area contributed by atoms with Gasteiger partial charge < -0.3 is 0 Å². The van der Waals surface area contributed by atoms with Gasteiger partial charge in [-0.15, -0.1) is 3.89 Å². The summed E-state index contributed by atoms with van der Waals surface area (Å²) in [6.45, 7) is 1.60. The van der Waals surface area contributed by atoms with Crippen LogP contribution in [0, 0.1) is 10.5 Å². The van der Waals surface area contributed by atoms with E-state index in [9.17, 15) is 17.1 Å². The largest absolute Gasteiger partial charge is 0.306 e. The van der Waals surface area contributed by atoms with Crippen LogP contribution < -0.4 is 0 Å². The van der Waals surface area contributed by atoms with Crippen molar-refractivity contribution in [2.75, 3.05) is 0 Å². The van der Waals surface area contributed by atoms with E-state index >= 15 is 0 Å². The Hall–Kier alpha value is -0.500. The first kappa shape index (κ1) is 12.6. The lowest BCUT2D eigenvalue weighted by atomic mass is 10.0. The Kier molecular flexibility index (Phi) is 3.82. The van der Waals surface area contributed by atoms with E-state index in [4.69, 9.17) is 0 Å². The highest BCUT2D eigenvalue weighted by Gasteiger charge is 2.13. The zero-order valence-electron chi connectivity index (χ0n) is 7.83. The fraction of sp³-hybridized carbons (Fsp3) is 0.222. The number of aldehydes is 1. The topological polar surface area (TPSA) is 51.2 Å². The second-order valence-electron chi connectivity index (χ2n) is 3.08. The molecule has 0 atom stereocenters. The lowest BCUT2D eigenvalue weighted by Crippen LogP contribution is -2.02. The molecule has 3 nitrogen and oxygen atoms in total. The Labute approximate surface area is 101 Å². The smallest absolute Gasteiger partial charge is 0.298 e. The van der Waals surface area contributed by atoms with Gasteiger partial charge in [0.1, 0.15) is 12.0 Å². The minimum Gasteiger partial charge on any atom is -0.298 e. The Balaban J connectivity index is 3.30. The number of hydrogen-bond acceptors (Lipinski definition) is 3. The second-order valence-corrected chi connectivity index (χ2v) is 5.69. The fourth-order valence-electron chi connectivity index (χ4n) is 1.22. The Morgan fingerprint density at radius 2 is 2.07 bits per heavy atom. The molecule has 0 aromatic heterocycles. The molecule has 0 radical (unpaired) electrons. The van der Waals surface area contributed by atoms with Gasteiger partial charge in [-0.25, -0.2) is 0 Å². The van der Waals surface area contributed by atoms with Crippen LogP contribution >= 0.6 is 22.6 Å². The molecule has 0 aliphatic rings. The van der Waals surface area contributed by atoms with Crippen molar-refractivity contribution in [3.8, 4) is 0 Å². The number of carbonyl (C=O) groups is 1. The van der Waals surface area contributed by atoms with Crippen LogP contribution in [0.4, 0.5) is 3.89 Å². The van der Waals surface area contributed by atoms with E-state index in [2.05, 4.69) is 0 Å². The van der Waals surface area contributed by atoms with Gasteiger partial charge in [0, 0.05) is 9.13 Å². The van der Waals surface area contributed by atoms with Crippen LogP contribution in [0.5, 0.6) is 0 Å². The van der Waals surface area contributed by atoms with Crippen LogP contribution in [0.15, 0.2) is 12.1 Å². The maximum atomic E-state index is 12.5. The summed E-state index contributed by atoms with van der Waals surface area (Å²) in [5, 5.41) is 0. The quantitative estimate of drug-likeness (QED) is 0.481. The Morgan fingerprint density at radius 3 is 2.53 bits per heavy atom. The van der Waals surface area contributed by atoms with Gasteiger partial charge in [-0.05, 0) is 52.8 Å². The number of hydrogen-bond donors (Lipinski definition) is 0. The van der Waals surface area contributed by atoms with Crippen molar-refractivity contribution >= 4 is 39.1 Å². The molecule has 0 heterocycles. The molecule has 15 heavy (non-hydrogen) atoms. The first-order valence-corrected chi connectivity index (χ1v) is 6.63. The van der Waals surface area contributed by atoms with Gasteiger partial charge in [-0.2, -0.15) is 8.42 Å². The van der Waals surface area contributed by atoms with Crippen LogP contribution in [-0.2, 0) is 16.0 Å². The third-order valence-electron chi connectivity index (χ3n) is 1.98. The summed E-state index contributed by atoms with van der Waals surface area (Å²) < 4.78 is 34.2. The average Bonchev–Trinajstić information content (AvgIpc) is 2.08. The van der Waals surface area contributed by atoms with Gasteiger partial charge in [-0.3, -0.25) is 4.79 Å². The van der Waals surface area contributed by atoms with Crippen LogP contribution in [0.25, 0.3) is 0 Å². The van der Waals surface area contributed by atoms with E-state index in [0.717, 1.165) is 0 Å². The summed E-state index contributed by atoms with van der Waals surface area (Å²) in [6.07, 6.45) is 0.631. The van der Waals surface area contributed by atoms with Crippen molar-refractivity contribution in [1.82, 2.24) is 0 Å². The summed E-state index contributed by atoms with van der Waals surface area (Å²) in [7, 11) is -4.56. The lowest BCUT2D eigenvalue weighted by Gasteiger charge is -2.06. The molecule has 0 saturated carbocycles. The molecule has 0 bridgehead atoms. The molecule has 1 rings (SSSR count). The van der Waals surface area contributed by atoms with Gasteiger partial charge >= 0.3 is 10.2 Å². The summed E-state index contributed by atoms with van der Waals surface area (Å²) in [5.74, 6) is -0.684. The third-order valence-corrected chi connectivity index (χ3v) is 3.25. The molecule has 0 unspecified atom stereocenters. The molecular weight excluding hydrogens is 334 g/mol. The summed E-state index contributed by atoms with van der Waals surface area (Å²) in [4.78, 5) is 10.7. The van der Waals surface area contributed by atoms with Crippen molar-refractivity contribution in [3.63, 3.8) is 0 Å². The molecule has 0 saturated heterocycles. The van der Waals surface area contributed by atoms with E-state index in [1.165, 1.54) is 0 Å². The Bertz CT molecular complexity index is 496.